The fourth-order valence-electron chi connectivity index (χ4n) is 5.82. The number of hydrogen-bond acceptors (Lipinski definition) is 5. The van der Waals surface area contributed by atoms with Crippen LogP contribution in [0.4, 0.5) is 0 Å². The number of hydrogen-bond donors (Lipinski definition) is 0. The minimum atomic E-state index is -0.295. The van der Waals surface area contributed by atoms with E-state index in [4.69, 9.17) is 9.47 Å². The van der Waals surface area contributed by atoms with E-state index < -0.39 is 0 Å². The number of pyridine rings is 2. The van der Waals surface area contributed by atoms with Crippen LogP contribution in [0.1, 0.15) is 95.0 Å². The molecule has 0 N–H and O–H groups in total. The number of rotatable bonds is 14. The van der Waals surface area contributed by atoms with Crippen LogP contribution in [0.2, 0.25) is 0 Å². The fraction of sp³-hybridized carbons (Fsp3) is 0.485. The predicted molar refractivity (Wildman–Crippen MR) is 162 cm³/mol. The quantitative estimate of drug-likeness (QED) is 0.111. The second-order valence-corrected chi connectivity index (χ2v) is 10.8. The molecule has 4 aromatic rings. The third-order valence-electron chi connectivity index (χ3n) is 7.98. The van der Waals surface area contributed by atoms with Crippen molar-refractivity contribution in [2.75, 3.05) is 13.2 Å². The average Bonchev–Trinajstić information content (AvgIpc) is 2.95. The van der Waals surface area contributed by atoms with Crippen molar-refractivity contribution >= 4 is 38.4 Å². The van der Waals surface area contributed by atoms with Crippen LogP contribution >= 0.6 is 0 Å². The zero-order valence-electron chi connectivity index (χ0n) is 24.2. The molecular weight excluding hydrogens is 504 g/mol. The maximum Gasteiger partial charge on any atom is 0.264 e. The van der Waals surface area contributed by atoms with E-state index >= 15 is 0 Å². The summed E-state index contributed by atoms with van der Waals surface area (Å²) in [7, 11) is 0. The van der Waals surface area contributed by atoms with Gasteiger partial charge in [0.1, 0.15) is 16.9 Å². The molecule has 0 aliphatic heterocycles. The summed E-state index contributed by atoms with van der Waals surface area (Å²) in [6, 6.07) is 7.38. The second kappa shape index (κ2) is 11.9. The van der Waals surface area contributed by atoms with E-state index in [1.165, 1.54) is 0 Å². The maximum atomic E-state index is 14.6. The number of aromatic nitrogens is 2. The molecule has 0 radical (unpaired) electrons. The number of benzene rings is 2. The van der Waals surface area contributed by atoms with Gasteiger partial charge in [-0.2, -0.15) is 0 Å². The van der Waals surface area contributed by atoms with Crippen molar-refractivity contribution in [1.82, 2.24) is 9.13 Å². The van der Waals surface area contributed by atoms with Gasteiger partial charge in [0.25, 0.3) is 11.1 Å². The van der Waals surface area contributed by atoms with Gasteiger partial charge >= 0.3 is 0 Å². The minimum absolute atomic E-state index is 0.152. The molecule has 0 saturated heterocycles. The first-order valence-electron chi connectivity index (χ1n) is 15.0. The second-order valence-electron chi connectivity index (χ2n) is 10.8. The summed E-state index contributed by atoms with van der Waals surface area (Å²) in [5.74, 6) is 0.805. The van der Waals surface area contributed by atoms with Crippen LogP contribution < -0.4 is 20.6 Å². The van der Waals surface area contributed by atoms with E-state index in [0.29, 0.717) is 76.1 Å². The standard InChI is InChI=1S/C33H40N2O5/c1-5-9-17-34-21-13-15-23(39-19-11-7-3)27-25(21)29-26-22(35(18-10-6-2)33(38)30(29)32(34)37)14-16-24(28(26)31(27)36)40-20-12-8-4/h13-16H,5-12,17-20H2,1-4H3. The zero-order valence-corrected chi connectivity index (χ0v) is 24.2. The zero-order chi connectivity index (χ0) is 28.4. The van der Waals surface area contributed by atoms with Gasteiger partial charge in [0.2, 0.25) is 5.78 Å². The van der Waals surface area contributed by atoms with Crippen molar-refractivity contribution < 1.29 is 14.3 Å². The number of ketones is 1. The topological polar surface area (TPSA) is 79.5 Å². The van der Waals surface area contributed by atoms with E-state index in [-0.39, 0.29) is 22.3 Å². The lowest BCUT2D eigenvalue weighted by Crippen LogP contribution is -2.32. The van der Waals surface area contributed by atoms with Gasteiger partial charge in [-0.3, -0.25) is 14.4 Å². The summed E-state index contributed by atoms with van der Waals surface area (Å²) in [6.45, 7) is 10.3. The van der Waals surface area contributed by atoms with Crippen molar-refractivity contribution in [2.45, 2.75) is 92.2 Å². The highest BCUT2D eigenvalue weighted by atomic mass is 16.5. The molecule has 0 amide bonds. The van der Waals surface area contributed by atoms with Gasteiger partial charge in [0, 0.05) is 29.2 Å². The Morgan fingerprint density at radius 2 is 0.975 bits per heavy atom. The minimum Gasteiger partial charge on any atom is -0.493 e. The number of carbonyl (C=O) groups excluding carboxylic acids is 1. The molecule has 0 atom stereocenters. The van der Waals surface area contributed by atoms with Gasteiger partial charge in [-0.15, -0.1) is 0 Å². The SMILES string of the molecule is CCCCOc1ccc2c3c1C(=O)c1c(OCCCC)ccc4c1c3c(c(=O)n2CCCC)c(=O)n4CCCC. The van der Waals surface area contributed by atoms with Crippen LogP contribution in [0.5, 0.6) is 11.5 Å². The molecular formula is C33H40N2O5. The summed E-state index contributed by atoms with van der Waals surface area (Å²) in [5, 5.41) is 2.01. The highest BCUT2D eigenvalue weighted by molar-refractivity contribution is 6.37. The average molecular weight is 545 g/mol. The monoisotopic (exact) mass is 544 g/mol. The Kier molecular flexibility index (Phi) is 8.29. The van der Waals surface area contributed by atoms with Gasteiger partial charge in [-0.1, -0.05) is 53.4 Å². The van der Waals surface area contributed by atoms with Crippen LogP contribution in [0.3, 0.4) is 0 Å². The smallest absolute Gasteiger partial charge is 0.264 e. The van der Waals surface area contributed by atoms with E-state index in [1.807, 2.05) is 24.3 Å². The van der Waals surface area contributed by atoms with E-state index in [9.17, 15) is 14.4 Å². The van der Waals surface area contributed by atoms with E-state index in [1.54, 1.807) is 9.13 Å². The molecule has 212 valence electrons. The molecule has 5 rings (SSSR count). The van der Waals surface area contributed by atoms with Crippen molar-refractivity contribution in [3.05, 3.63) is 56.1 Å². The lowest BCUT2D eigenvalue weighted by atomic mass is 9.85. The highest BCUT2D eigenvalue weighted by Crippen LogP contribution is 2.45. The molecule has 1 aliphatic carbocycles. The van der Waals surface area contributed by atoms with Crippen molar-refractivity contribution in [3.63, 3.8) is 0 Å². The van der Waals surface area contributed by atoms with E-state index in [2.05, 4.69) is 27.7 Å². The summed E-state index contributed by atoms with van der Waals surface area (Å²) in [4.78, 5) is 42.8. The molecule has 0 spiro atoms. The van der Waals surface area contributed by atoms with Gasteiger partial charge in [0.05, 0.1) is 35.4 Å². The molecule has 0 fully saturated rings. The molecule has 2 heterocycles. The third kappa shape index (κ3) is 4.49. The van der Waals surface area contributed by atoms with Gasteiger partial charge in [-0.05, 0) is 49.9 Å². The summed E-state index contributed by atoms with van der Waals surface area (Å²) in [6.07, 6.45) is 7.02. The Balaban J connectivity index is 1.98. The number of carbonyl (C=O) groups is 1. The first-order chi connectivity index (χ1) is 19.5. The lowest BCUT2D eigenvalue weighted by Gasteiger charge is -2.26. The molecule has 0 unspecified atom stereocenters. The van der Waals surface area contributed by atoms with Crippen LogP contribution in [-0.2, 0) is 13.1 Å². The molecule has 2 aromatic carbocycles. The molecule has 0 bridgehead atoms. The van der Waals surface area contributed by atoms with Crippen LogP contribution in [0, 0.1) is 0 Å². The maximum absolute atomic E-state index is 14.6. The summed E-state index contributed by atoms with van der Waals surface area (Å²) < 4.78 is 15.8. The van der Waals surface area contributed by atoms with Gasteiger partial charge in [-0.25, -0.2) is 0 Å². The van der Waals surface area contributed by atoms with Crippen LogP contribution in [-0.4, -0.2) is 28.1 Å². The molecule has 1 aliphatic rings. The molecule has 7 heteroatoms. The number of unbranched alkanes of at least 4 members (excludes halogenated alkanes) is 4. The first-order valence-corrected chi connectivity index (χ1v) is 15.0. The number of aryl methyl sites for hydroxylation is 2. The van der Waals surface area contributed by atoms with Crippen molar-refractivity contribution in [2.24, 2.45) is 0 Å². The van der Waals surface area contributed by atoms with Crippen molar-refractivity contribution in [3.8, 4) is 11.5 Å². The van der Waals surface area contributed by atoms with E-state index in [0.717, 1.165) is 51.4 Å². The molecule has 0 saturated carbocycles. The Morgan fingerprint density at radius 1 is 0.550 bits per heavy atom. The Hall–Kier alpha value is -3.61. The Morgan fingerprint density at radius 3 is 1.38 bits per heavy atom. The van der Waals surface area contributed by atoms with Crippen LogP contribution in [0.25, 0.3) is 32.6 Å². The fourth-order valence-corrected chi connectivity index (χ4v) is 5.82. The highest BCUT2D eigenvalue weighted by Gasteiger charge is 2.34. The number of ether oxygens (including phenoxy) is 2. The lowest BCUT2D eigenvalue weighted by molar-refractivity contribution is 0.103. The Labute approximate surface area is 234 Å². The summed E-state index contributed by atoms with van der Waals surface area (Å²) in [5.41, 5.74) is 1.61. The molecule has 40 heavy (non-hydrogen) atoms. The van der Waals surface area contributed by atoms with Gasteiger partial charge < -0.3 is 18.6 Å². The molecule has 2 aromatic heterocycles. The van der Waals surface area contributed by atoms with Crippen molar-refractivity contribution in [1.29, 1.82) is 0 Å². The van der Waals surface area contributed by atoms with Crippen LogP contribution in [0.15, 0.2) is 33.9 Å². The predicted octanol–water partition coefficient (Wildman–Crippen LogP) is 6.97. The first kappa shape index (κ1) is 27.9. The Bertz CT molecular complexity index is 1590. The normalized spacial score (nSPS) is 12.4. The molecule has 7 nitrogen and oxygen atoms in total. The largest absolute Gasteiger partial charge is 0.493 e. The third-order valence-corrected chi connectivity index (χ3v) is 7.98. The summed E-state index contributed by atoms with van der Waals surface area (Å²) >= 11 is 0. The van der Waals surface area contributed by atoms with Gasteiger partial charge in [0.15, 0.2) is 0 Å². The number of nitrogens with zero attached hydrogens (tertiary/aromatic N) is 2.